The van der Waals surface area contributed by atoms with Crippen LogP contribution in [0.4, 0.5) is 0 Å². The second kappa shape index (κ2) is 4.48. The van der Waals surface area contributed by atoms with Gasteiger partial charge in [0.05, 0.1) is 11.5 Å². The monoisotopic (exact) mass is 264 g/mol. The van der Waals surface area contributed by atoms with E-state index in [2.05, 4.69) is 18.7 Å². The molecule has 16 heavy (non-hydrogen) atoms. The Labute approximate surface area is 102 Å². The Morgan fingerprint density at radius 2 is 1.75 bits per heavy atom. The van der Waals surface area contributed by atoms with E-state index in [1.165, 1.54) is 0 Å². The number of hydrogen-bond acceptors (Lipinski definition) is 5. The summed E-state index contributed by atoms with van der Waals surface area (Å²) in [6, 6.07) is -0.164. The van der Waals surface area contributed by atoms with E-state index in [1.54, 1.807) is 0 Å². The van der Waals surface area contributed by atoms with Gasteiger partial charge in [-0.15, -0.1) is 0 Å². The van der Waals surface area contributed by atoms with E-state index in [1.807, 2.05) is 11.8 Å². The minimum atomic E-state index is -2.90. The Kier molecular flexibility index (Phi) is 3.55. The number of rotatable bonds is 1. The van der Waals surface area contributed by atoms with E-state index in [9.17, 15) is 8.42 Å². The predicted molar refractivity (Wildman–Crippen MR) is 68.5 cm³/mol. The first-order valence-corrected chi connectivity index (χ1v) is 8.49. The van der Waals surface area contributed by atoms with Crippen LogP contribution in [0.1, 0.15) is 13.8 Å². The zero-order valence-electron chi connectivity index (χ0n) is 9.80. The highest BCUT2D eigenvalue weighted by Gasteiger charge is 2.40. The highest BCUT2D eigenvalue weighted by atomic mass is 32.2. The van der Waals surface area contributed by atoms with Crippen LogP contribution < -0.4 is 5.73 Å². The quantitative estimate of drug-likeness (QED) is 0.719. The Morgan fingerprint density at radius 3 is 2.19 bits per heavy atom. The van der Waals surface area contributed by atoms with E-state index < -0.39 is 9.84 Å². The standard InChI is InChI=1S/C10H20N2O2S2/c1-7-3-12(4-8(2)15-7)10-6-16(13,14)5-9(10)11/h7-10H,3-6,11H2,1-2H3. The number of thioether (sulfide) groups is 1. The average molecular weight is 264 g/mol. The van der Waals surface area contributed by atoms with Crippen LogP contribution in [0.5, 0.6) is 0 Å². The summed E-state index contributed by atoms with van der Waals surface area (Å²) in [5.74, 6) is 0.405. The molecule has 2 saturated heterocycles. The predicted octanol–water partition coefficient (Wildman–Crippen LogP) is -0.0635. The molecule has 0 bridgehead atoms. The number of nitrogens with two attached hydrogens (primary N) is 1. The van der Waals surface area contributed by atoms with E-state index in [0.29, 0.717) is 10.5 Å². The molecule has 0 spiro atoms. The molecule has 94 valence electrons. The summed E-state index contributed by atoms with van der Waals surface area (Å²) >= 11 is 1.97. The molecule has 2 rings (SSSR count). The van der Waals surface area contributed by atoms with Gasteiger partial charge in [0.25, 0.3) is 0 Å². The third-order valence-electron chi connectivity index (χ3n) is 3.28. The zero-order valence-corrected chi connectivity index (χ0v) is 11.4. The molecule has 2 N–H and O–H groups in total. The molecule has 6 heteroatoms. The minimum absolute atomic E-state index is 0.0378. The van der Waals surface area contributed by atoms with E-state index >= 15 is 0 Å². The van der Waals surface area contributed by atoms with Gasteiger partial charge in [-0.1, -0.05) is 13.8 Å². The Hall–Kier alpha value is 0.220. The van der Waals surface area contributed by atoms with E-state index in [0.717, 1.165) is 13.1 Å². The second-order valence-corrected chi connectivity index (χ2v) is 9.05. The third-order valence-corrected chi connectivity index (χ3v) is 6.25. The molecule has 4 nitrogen and oxygen atoms in total. The molecule has 4 unspecified atom stereocenters. The van der Waals surface area contributed by atoms with Crippen LogP contribution in [0.15, 0.2) is 0 Å². The highest BCUT2D eigenvalue weighted by molar-refractivity contribution is 8.00. The molecule has 0 radical (unpaired) electrons. The summed E-state index contributed by atoms with van der Waals surface area (Å²) in [6.07, 6.45) is 0. The fourth-order valence-electron chi connectivity index (χ4n) is 2.72. The van der Waals surface area contributed by atoms with Crippen LogP contribution >= 0.6 is 11.8 Å². The molecule has 4 atom stereocenters. The van der Waals surface area contributed by atoms with Gasteiger partial charge in [-0.3, -0.25) is 4.90 Å². The lowest BCUT2D eigenvalue weighted by molar-refractivity contribution is 0.196. The van der Waals surface area contributed by atoms with Gasteiger partial charge in [-0.2, -0.15) is 11.8 Å². The molecule has 2 aliphatic heterocycles. The van der Waals surface area contributed by atoms with Crippen molar-refractivity contribution in [3.63, 3.8) is 0 Å². The van der Waals surface area contributed by atoms with Gasteiger partial charge in [0.2, 0.25) is 0 Å². The fraction of sp³-hybridized carbons (Fsp3) is 1.00. The van der Waals surface area contributed by atoms with Crippen molar-refractivity contribution in [1.82, 2.24) is 4.90 Å². The van der Waals surface area contributed by atoms with Crippen molar-refractivity contribution >= 4 is 21.6 Å². The lowest BCUT2D eigenvalue weighted by atomic mass is 10.1. The Balaban J connectivity index is 2.07. The van der Waals surface area contributed by atoms with Gasteiger partial charge in [-0.25, -0.2) is 8.42 Å². The van der Waals surface area contributed by atoms with Gasteiger partial charge >= 0.3 is 0 Å². The third kappa shape index (κ3) is 2.72. The SMILES string of the molecule is CC1CN(C2CS(=O)(=O)CC2N)CC(C)S1. The first-order valence-electron chi connectivity index (χ1n) is 5.73. The molecule has 0 aromatic carbocycles. The molecular weight excluding hydrogens is 244 g/mol. The molecule has 2 aliphatic rings. The van der Waals surface area contributed by atoms with E-state index in [-0.39, 0.29) is 23.6 Å². The smallest absolute Gasteiger partial charge is 0.153 e. The van der Waals surface area contributed by atoms with Crippen molar-refractivity contribution < 1.29 is 8.42 Å². The maximum atomic E-state index is 11.5. The fourth-order valence-corrected chi connectivity index (χ4v) is 5.99. The van der Waals surface area contributed by atoms with Gasteiger partial charge in [0, 0.05) is 35.7 Å². The molecule has 0 amide bonds. The first kappa shape index (κ1) is 12.7. The number of sulfone groups is 1. The topological polar surface area (TPSA) is 63.4 Å². The van der Waals surface area contributed by atoms with Crippen LogP contribution in [0.2, 0.25) is 0 Å². The van der Waals surface area contributed by atoms with Gasteiger partial charge in [0.15, 0.2) is 9.84 Å². The summed E-state index contributed by atoms with van der Waals surface area (Å²) < 4.78 is 23.1. The molecular formula is C10H20N2O2S2. The van der Waals surface area contributed by atoms with Crippen molar-refractivity contribution in [2.75, 3.05) is 24.6 Å². The zero-order chi connectivity index (χ0) is 11.9. The largest absolute Gasteiger partial charge is 0.325 e. The van der Waals surface area contributed by atoms with Crippen molar-refractivity contribution in [3.8, 4) is 0 Å². The molecule has 0 aromatic rings. The maximum Gasteiger partial charge on any atom is 0.153 e. The first-order chi connectivity index (χ1) is 7.37. The van der Waals surface area contributed by atoms with Crippen molar-refractivity contribution in [3.05, 3.63) is 0 Å². The molecule has 2 fully saturated rings. The summed E-state index contributed by atoms with van der Waals surface area (Å²) in [7, 11) is -2.90. The van der Waals surface area contributed by atoms with Gasteiger partial charge < -0.3 is 5.73 Å². The Morgan fingerprint density at radius 1 is 1.19 bits per heavy atom. The van der Waals surface area contributed by atoms with Crippen molar-refractivity contribution in [1.29, 1.82) is 0 Å². The average Bonchev–Trinajstić information content (AvgIpc) is 2.38. The summed E-state index contributed by atoms with van der Waals surface area (Å²) in [5.41, 5.74) is 5.95. The van der Waals surface area contributed by atoms with Crippen LogP contribution in [0.3, 0.4) is 0 Å². The second-order valence-electron chi connectivity index (χ2n) is 5.02. The van der Waals surface area contributed by atoms with Gasteiger partial charge in [-0.05, 0) is 0 Å². The lowest BCUT2D eigenvalue weighted by Gasteiger charge is -2.39. The van der Waals surface area contributed by atoms with Crippen LogP contribution in [0.25, 0.3) is 0 Å². The minimum Gasteiger partial charge on any atom is -0.325 e. The molecule has 2 heterocycles. The van der Waals surface area contributed by atoms with Crippen molar-refractivity contribution in [2.45, 2.75) is 36.4 Å². The maximum absolute atomic E-state index is 11.5. The summed E-state index contributed by atoms with van der Waals surface area (Å²) in [4.78, 5) is 2.28. The normalized spacial score (nSPS) is 44.7. The van der Waals surface area contributed by atoms with Gasteiger partial charge in [0.1, 0.15) is 0 Å². The molecule has 0 aliphatic carbocycles. The summed E-state index contributed by atoms with van der Waals surface area (Å²) in [6.45, 7) is 6.32. The number of nitrogens with zero attached hydrogens (tertiary/aromatic N) is 1. The molecule has 0 aromatic heterocycles. The van der Waals surface area contributed by atoms with Crippen LogP contribution in [-0.2, 0) is 9.84 Å². The van der Waals surface area contributed by atoms with Crippen molar-refractivity contribution in [2.24, 2.45) is 5.73 Å². The molecule has 0 saturated carbocycles. The van der Waals surface area contributed by atoms with Crippen LogP contribution in [0, 0.1) is 0 Å². The highest BCUT2D eigenvalue weighted by Crippen LogP contribution is 2.28. The van der Waals surface area contributed by atoms with Crippen LogP contribution in [-0.4, -0.2) is 60.5 Å². The summed E-state index contributed by atoms with van der Waals surface area (Å²) in [5, 5.41) is 1.14. The van der Waals surface area contributed by atoms with E-state index in [4.69, 9.17) is 5.73 Å². The number of hydrogen-bond donors (Lipinski definition) is 1. The lowest BCUT2D eigenvalue weighted by Crippen LogP contribution is -2.53. The Bertz CT molecular complexity index is 348.